The molecule has 1 unspecified atom stereocenters. The fourth-order valence-corrected chi connectivity index (χ4v) is 2.48. The molecule has 1 saturated heterocycles. The zero-order valence-electron chi connectivity index (χ0n) is 11.2. The lowest BCUT2D eigenvalue weighted by Gasteiger charge is -2.34. The Morgan fingerprint density at radius 3 is 2.81 bits per heavy atom. The van der Waals surface area contributed by atoms with Gasteiger partial charge >= 0.3 is 12.1 Å². The summed E-state index contributed by atoms with van der Waals surface area (Å²) in [6.07, 6.45) is -4.94. The fraction of sp³-hybridized carbons (Fsp3) is 0.462. The van der Waals surface area contributed by atoms with Crippen molar-refractivity contribution in [1.29, 1.82) is 0 Å². The van der Waals surface area contributed by atoms with E-state index in [9.17, 15) is 18.0 Å². The van der Waals surface area contributed by atoms with E-state index < -0.39 is 12.1 Å². The highest BCUT2D eigenvalue weighted by Crippen LogP contribution is 2.32. The van der Waals surface area contributed by atoms with Gasteiger partial charge in [0.1, 0.15) is 0 Å². The minimum Gasteiger partial charge on any atom is -0.375 e. The molecule has 1 aliphatic heterocycles. The summed E-state index contributed by atoms with van der Waals surface area (Å²) in [5.41, 5.74) is 0.673. The molecule has 4 nitrogen and oxygen atoms in total. The third-order valence-electron chi connectivity index (χ3n) is 3.05. The smallest absolute Gasteiger partial charge is 0.375 e. The highest BCUT2D eigenvalue weighted by molar-refractivity contribution is 9.10. The van der Waals surface area contributed by atoms with Crippen LogP contribution in [0.4, 0.5) is 24.5 Å². The summed E-state index contributed by atoms with van der Waals surface area (Å²) in [5, 5.41) is 1.93. The number of rotatable bonds is 2. The first-order valence-electron chi connectivity index (χ1n) is 6.31. The third kappa shape index (κ3) is 4.10. The van der Waals surface area contributed by atoms with Gasteiger partial charge in [-0.15, -0.1) is 0 Å². The number of carbonyl (C=O) groups excluding carboxylic acids is 1. The maximum Gasteiger partial charge on any atom is 0.471 e. The number of nitrogens with one attached hydrogen (secondary N) is 1. The van der Waals surface area contributed by atoms with Crippen molar-refractivity contribution in [2.45, 2.75) is 19.2 Å². The number of ether oxygens (including phenoxy) is 1. The topological polar surface area (TPSA) is 41.6 Å². The van der Waals surface area contributed by atoms with E-state index in [0.717, 1.165) is 0 Å². The summed E-state index contributed by atoms with van der Waals surface area (Å²) in [5.74, 6) is -1.98. The average molecular weight is 367 g/mol. The monoisotopic (exact) mass is 366 g/mol. The molecule has 0 radical (unpaired) electrons. The molecule has 1 fully saturated rings. The van der Waals surface area contributed by atoms with E-state index >= 15 is 0 Å². The Morgan fingerprint density at radius 2 is 2.19 bits per heavy atom. The lowest BCUT2D eigenvalue weighted by Crippen LogP contribution is -2.41. The minimum absolute atomic E-state index is 0.0198. The van der Waals surface area contributed by atoms with E-state index in [1.807, 2.05) is 17.1 Å². The molecule has 1 N–H and O–H groups in total. The average Bonchev–Trinajstić information content (AvgIpc) is 2.37. The van der Waals surface area contributed by atoms with Crippen LogP contribution in [-0.2, 0) is 9.53 Å². The number of hydrogen-bond donors (Lipinski definition) is 1. The van der Waals surface area contributed by atoms with Crippen molar-refractivity contribution in [2.75, 3.05) is 29.9 Å². The molecule has 1 heterocycles. The maximum atomic E-state index is 12.4. The van der Waals surface area contributed by atoms with Crippen molar-refractivity contribution in [3.8, 4) is 0 Å². The third-order valence-corrected chi connectivity index (χ3v) is 3.54. The molecule has 2 rings (SSSR count). The second-order valence-corrected chi connectivity index (χ2v) is 5.66. The number of morpholine rings is 1. The molecular formula is C13H14BrF3N2O2. The van der Waals surface area contributed by atoms with E-state index in [4.69, 9.17) is 4.74 Å². The van der Waals surface area contributed by atoms with Crippen molar-refractivity contribution < 1.29 is 22.7 Å². The molecule has 8 heteroatoms. The van der Waals surface area contributed by atoms with Crippen molar-refractivity contribution in [1.82, 2.24) is 0 Å². The second kappa shape index (κ2) is 6.23. The largest absolute Gasteiger partial charge is 0.471 e. The quantitative estimate of drug-likeness (QED) is 0.873. The number of halogens is 4. The number of anilines is 2. The van der Waals surface area contributed by atoms with Gasteiger partial charge in [0.25, 0.3) is 0 Å². The van der Waals surface area contributed by atoms with Gasteiger partial charge in [-0.05, 0) is 25.1 Å². The van der Waals surface area contributed by atoms with Crippen LogP contribution in [0.15, 0.2) is 22.7 Å². The van der Waals surface area contributed by atoms with Crippen LogP contribution in [0.2, 0.25) is 0 Å². The fourth-order valence-electron chi connectivity index (χ4n) is 2.11. The Labute approximate surface area is 128 Å². The Balaban J connectivity index is 2.27. The van der Waals surface area contributed by atoms with E-state index in [0.29, 0.717) is 29.9 Å². The zero-order chi connectivity index (χ0) is 15.6. The van der Waals surface area contributed by atoms with Gasteiger partial charge in [-0.25, -0.2) is 0 Å². The van der Waals surface area contributed by atoms with Gasteiger partial charge in [0, 0.05) is 17.6 Å². The molecule has 0 bridgehead atoms. The molecule has 1 amide bonds. The predicted octanol–water partition coefficient (Wildman–Crippen LogP) is 3.18. The van der Waals surface area contributed by atoms with E-state index in [2.05, 4.69) is 15.9 Å². The van der Waals surface area contributed by atoms with Crippen LogP contribution in [0.25, 0.3) is 0 Å². The van der Waals surface area contributed by atoms with Crippen molar-refractivity contribution in [3.05, 3.63) is 22.7 Å². The zero-order valence-corrected chi connectivity index (χ0v) is 12.8. The minimum atomic E-state index is -4.92. The molecule has 0 spiro atoms. The number of carbonyl (C=O) groups is 1. The molecule has 1 aromatic carbocycles. The van der Waals surface area contributed by atoms with Crippen molar-refractivity contribution >= 4 is 33.2 Å². The number of alkyl halides is 3. The summed E-state index contributed by atoms with van der Waals surface area (Å²) in [6.45, 7) is 3.49. The normalized spacial score (nSPS) is 19.5. The highest BCUT2D eigenvalue weighted by atomic mass is 79.9. The summed E-state index contributed by atoms with van der Waals surface area (Å²) in [7, 11) is 0. The Morgan fingerprint density at radius 1 is 1.48 bits per heavy atom. The standard InChI is InChI=1S/C13H14BrF3N2O2/c1-8-7-19(4-5-21-8)11-3-2-9(14)6-10(11)18-12(20)13(15,16)17/h2-3,6,8H,4-5,7H2,1H3,(H,18,20). The molecule has 1 aliphatic rings. The first-order valence-corrected chi connectivity index (χ1v) is 7.11. The van der Waals surface area contributed by atoms with Crippen molar-refractivity contribution in [2.24, 2.45) is 0 Å². The van der Waals surface area contributed by atoms with Crippen LogP contribution in [-0.4, -0.2) is 37.9 Å². The molecule has 0 saturated carbocycles. The van der Waals surface area contributed by atoms with Gasteiger partial charge in [-0.2, -0.15) is 13.2 Å². The van der Waals surface area contributed by atoms with Gasteiger partial charge in [-0.1, -0.05) is 15.9 Å². The second-order valence-electron chi connectivity index (χ2n) is 4.74. The van der Waals surface area contributed by atoms with Crippen LogP contribution < -0.4 is 10.2 Å². The molecule has 21 heavy (non-hydrogen) atoms. The van der Waals surface area contributed by atoms with Crippen LogP contribution in [0.1, 0.15) is 6.92 Å². The van der Waals surface area contributed by atoms with Crippen molar-refractivity contribution in [3.63, 3.8) is 0 Å². The van der Waals surface area contributed by atoms with Gasteiger partial charge in [-0.3, -0.25) is 4.79 Å². The lowest BCUT2D eigenvalue weighted by atomic mass is 10.2. The number of hydrogen-bond acceptors (Lipinski definition) is 3. The molecule has 116 valence electrons. The van der Waals surface area contributed by atoms with Crippen LogP contribution in [0.5, 0.6) is 0 Å². The van der Waals surface area contributed by atoms with E-state index in [1.165, 1.54) is 6.07 Å². The van der Waals surface area contributed by atoms with E-state index in [1.54, 1.807) is 12.1 Å². The lowest BCUT2D eigenvalue weighted by molar-refractivity contribution is -0.167. The number of nitrogens with zero attached hydrogens (tertiary/aromatic N) is 1. The molecule has 1 aromatic rings. The van der Waals surface area contributed by atoms with Crippen LogP contribution >= 0.6 is 15.9 Å². The first-order chi connectivity index (χ1) is 9.77. The summed E-state index contributed by atoms with van der Waals surface area (Å²) >= 11 is 3.20. The van der Waals surface area contributed by atoms with Gasteiger partial charge < -0.3 is 15.0 Å². The van der Waals surface area contributed by atoms with Crippen LogP contribution in [0, 0.1) is 0 Å². The summed E-state index contributed by atoms with van der Waals surface area (Å²) in [4.78, 5) is 13.0. The van der Waals surface area contributed by atoms with Crippen LogP contribution in [0.3, 0.4) is 0 Å². The Hall–Kier alpha value is -1.28. The SMILES string of the molecule is CC1CN(c2ccc(Br)cc2NC(=O)C(F)(F)F)CCO1. The molecule has 0 aliphatic carbocycles. The number of amides is 1. The molecule has 0 aromatic heterocycles. The molecule has 1 atom stereocenters. The first kappa shape index (κ1) is 16.1. The summed E-state index contributed by atoms with van der Waals surface area (Å²) < 4.78 is 43.2. The van der Waals surface area contributed by atoms with Gasteiger partial charge in [0.05, 0.1) is 24.1 Å². The predicted molar refractivity (Wildman–Crippen MR) is 76.5 cm³/mol. The highest BCUT2D eigenvalue weighted by Gasteiger charge is 2.39. The van der Waals surface area contributed by atoms with E-state index in [-0.39, 0.29) is 11.8 Å². The Kier molecular flexibility index (Phi) is 4.77. The number of benzene rings is 1. The van der Waals surface area contributed by atoms with Gasteiger partial charge in [0.15, 0.2) is 0 Å². The maximum absolute atomic E-state index is 12.4. The van der Waals surface area contributed by atoms with Gasteiger partial charge in [0.2, 0.25) is 0 Å². The Bertz CT molecular complexity index is 537. The summed E-state index contributed by atoms with van der Waals surface area (Å²) in [6, 6.07) is 4.85. The molecular weight excluding hydrogens is 353 g/mol.